The first-order valence-corrected chi connectivity index (χ1v) is 7.60. The van der Waals surface area contributed by atoms with E-state index in [-0.39, 0.29) is 18.0 Å². The number of nitrogens with one attached hydrogen (secondary N) is 1. The molecule has 0 aromatic heterocycles. The van der Waals surface area contributed by atoms with E-state index in [0.717, 1.165) is 11.4 Å². The van der Waals surface area contributed by atoms with E-state index in [1.54, 1.807) is 24.3 Å². The molecule has 0 spiro atoms. The lowest BCUT2D eigenvalue weighted by atomic mass is 10.2. The number of nitro groups is 2. The van der Waals surface area contributed by atoms with Crippen LogP contribution in [0.4, 0.5) is 22.7 Å². The van der Waals surface area contributed by atoms with Gasteiger partial charge in [0.15, 0.2) is 0 Å². The van der Waals surface area contributed by atoms with Gasteiger partial charge >= 0.3 is 0 Å². The molecular weight excluding hydrogens is 328 g/mol. The van der Waals surface area contributed by atoms with Crippen molar-refractivity contribution >= 4 is 22.7 Å². The van der Waals surface area contributed by atoms with Crippen LogP contribution >= 0.6 is 0 Å². The van der Waals surface area contributed by atoms with Crippen molar-refractivity contribution in [2.45, 2.75) is 0 Å². The Bertz CT molecular complexity index is 718. The molecule has 0 unspecified atom stereocenters. The fourth-order valence-corrected chi connectivity index (χ4v) is 2.31. The molecule has 2 aromatic carbocycles. The number of benzene rings is 2. The number of hydrogen-bond donors (Lipinski definition) is 2. The number of anilines is 2. The SMILES string of the molecule is O=[N+]([O-])c1ccc(NCCN(CCO)c2ccc([N+](=O)[O-])cc2)cc1. The van der Waals surface area contributed by atoms with Crippen molar-refractivity contribution in [1.82, 2.24) is 0 Å². The average molecular weight is 346 g/mol. The zero-order valence-electron chi connectivity index (χ0n) is 13.4. The minimum absolute atomic E-state index is 0.0108. The van der Waals surface area contributed by atoms with Crippen LogP contribution in [0.5, 0.6) is 0 Å². The van der Waals surface area contributed by atoms with Crippen LogP contribution in [0.15, 0.2) is 48.5 Å². The molecule has 0 heterocycles. The molecule has 2 aromatic rings. The molecule has 2 rings (SSSR count). The lowest BCUT2D eigenvalue weighted by molar-refractivity contribution is -0.385. The Hall–Kier alpha value is -3.20. The van der Waals surface area contributed by atoms with Crippen LogP contribution in [-0.2, 0) is 0 Å². The van der Waals surface area contributed by atoms with Crippen LogP contribution < -0.4 is 10.2 Å². The Kier molecular flexibility index (Phi) is 6.24. The van der Waals surface area contributed by atoms with Gasteiger partial charge in [0.05, 0.1) is 16.5 Å². The van der Waals surface area contributed by atoms with E-state index in [2.05, 4.69) is 5.32 Å². The minimum Gasteiger partial charge on any atom is -0.395 e. The van der Waals surface area contributed by atoms with Crippen LogP contribution in [0, 0.1) is 20.2 Å². The third-order valence-corrected chi connectivity index (χ3v) is 3.58. The molecule has 0 radical (unpaired) electrons. The van der Waals surface area contributed by atoms with Crippen molar-refractivity contribution in [1.29, 1.82) is 0 Å². The molecule has 25 heavy (non-hydrogen) atoms. The maximum Gasteiger partial charge on any atom is 0.269 e. The van der Waals surface area contributed by atoms with E-state index in [4.69, 9.17) is 0 Å². The van der Waals surface area contributed by atoms with E-state index in [0.29, 0.717) is 19.6 Å². The van der Waals surface area contributed by atoms with Crippen molar-refractivity contribution in [3.8, 4) is 0 Å². The number of aliphatic hydroxyl groups excluding tert-OH is 1. The molecule has 0 saturated carbocycles. The minimum atomic E-state index is -0.462. The van der Waals surface area contributed by atoms with Crippen molar-refractivity contribution in [3.63, 3.8) is 0 Å². The molecule has 9 nitrogen and oxygen atoms in total. The molecule has 0 atom stereocenters. The average Bonchev–Trinajstić information content (AvgIpc) is 2.61. The molecule has 0 amide bonds. The second kappa shape index (κ2) is 8.60. The summed E-state index contributed by atoms with van der Waals surface area (Å²) in [6.45, 7) is 1.43. The first-order chi connectivity index (χ1) is 12.0. The predicted molar refractivity (Wildman–Crippen MR) is 94.0 cm³/mol. The Balaban J connectivity index is 1.94. The Morgan fingerprint density at radius 3 is 1.88 bits per heavy atom. The number of aliphatic hydroxyl groups is 1. The normalized spacial score (nSPS) is 10.3. The standard InChI is InChI=1S/C16H18N4O5/c21-12-11-18(14-5-7-16(8-6-14)20(24)25)10-9-17-13-1-3-15(4-2-13)19(22)23/h1-8,17,21H,9-12H2. The summed E-state index contributed by atoms with van der Waals surface area (Å²) in [6, 6.07) is 12.2. The van der Waals surface area contributed by atoms with Gasteiger partial charge in [0.25, 0.3) is 11.4 Å². The monoisotopic (exact) mass is 346 g/mol. The van der Waals surface area contributed by atoms with E-state index in [1.165, 1.54) is 24.3 Å². The number of rotatable bonds is 9. The van der Waals surface area contributed by atoms with Crippen molar-refractivity contribution in [2.75, 3.05) is 36.5 Å². The van der Waals surface area contributed by atoms with Crippen LogP contribution in [0.2, 0.25) is 0 Å². The highest BCUT2D eigenvalue weighted by molar-refractivity contribution is 5.52. The van der Waals surface area contributed by atoms with Gasteiger partial charge in [0.1, 0.15) is 0 Å². The molecule has 0 bridgehead atoms. The van der Waals surface area contributed by atoms with E-state index in [9.17, 15) is 25.3 Å². The smallest absolute Gasteiger partial charge is 0.269 e. The summed E-state index contributed by atoms with van der Waals surface area (Å²) in [5.41, 5.74) is 1.55. The molecule has 0 aliphatic rings. The Morgan fingerprint density at radius 1 is 0.880 bits per heavy atom. The van der Waals surface area contributed by atoms with E-state index in [1.807, 2.05) is 4.90 Å². The van der Waals surface area contributed by atoms with Gasteiger partial charge in [-0.15, -0.1) is 0 Å². The van der Waals surface area contributed by atoms with Crippen LogP contribution in [-0.4, -0.2) is 41.2 Å². The van der Waals surface area contributed by atoms with E-state index >= 15 is 0 Å². The lowest BCUT2D eigenvalue weighted by Crippen LogP contribution is -2.31. The van der Waals surface area contributed by atoms with Crippen LogP contribution in [0.3, 0.4) is 0 Å². The maximum atomic E-state index is 10.7. The van der Waals surface area contributed by atoms with Gasteiger partial charge in [-0.05, 0) is 24.3 Å². The van der Waals surface area contributed by atoms with Gasteiger partial charge in [0.2, 0.25) is 0 Å². The van der Waals surface area contributed by atoms with Gasteiger partial charge in [-0.25, -0.2) is 0 Å². The Morgan fingerprint density at radius 2 is 1.40 bits per heavy atom. The molecule has 2 N–H and O–H groups in total. The molecule has 0 saturated heterocycles. The van der Waals surface area contributed by atoms with Crippen LogP contribution in [0.25, 0.3) is 0 Å². The van der Waals surface area contributed by atoms with Crippen molar-refractivity contribution < 1.29 is 15.0 Å². The number of hydrogen-bond acceptors (Lipinski definition) is 7. The molecule has 0 aliphatic carbocycles. The van der Waals surface area contributed by atoms with Gasteiger partial charge in [0, 0.05) is 55.3 Å². The van der Waals surface area contributed by atoms with Gasteiger partial charge in [-0.2, -0.15) is 0 Å². The van der Waals surface area contributed by atoms with Crippen molar-refractivity contribution in [2.24, 2.45) is 0 Å². The zero-order valence-corrected chi connectivity index (χ0v) is 13.4. The lowest BCUT2D eigenvalue weighted by Gasteiger charge is -2.24. The second-order valence-electron chi connectivity index (χ2n) is 5.21. The fraction of sp³-hybridized carbons (Fsp3) is 0.250. The summed E-state index contributed by atoms with van der Waals surface area (Å²) in [5.74, 6) is 0. The highest BCUT2D eigenvalue weighted by Gasteiger charge is 2.09. The number of nitrogens with zero attached hydrogens (tertiary/aromatic N) is 3. The molecule has 9 heteroatoms. The van der Waals surface area contributed by atoms with E-state index < -0.39 is 9.85 Å². The van der Waals surface area contributed by atoms with Crippen LogP contribution in [0.1, 0.15) is 0 Å². The highest BCUT2D eigenvalue weighted by atomic mass is 16.6. The summed E-state index contributed by atoms with van der Waals surface area (Å²) in [5, 5.41) is 33.7. The summed E-state index contributed by atoms with van der Waals surface area (Å²) in [7, 11) is 0. The first-order valence-electron chi connectivity index (χ1n) is 7.60. The highest BCUT2D eigenvalue weighted by Crippen LogP contribution is 2.19. The predicted octanol–water partition coefficient (Wildman–Crippen LogP) is 2.41. The molecular formula is C16H18N4O5. The third kappa shape index (κ3) is 5.15. The van der Waals surface area contributed by atoms with Crippen molar-refractivity contribution in [3.05, 3.63) is 68.8 Å². The molecule has 0 fully saturated rings. The third-order valence-electron chi connectivity index (χ3n) is 3.58. The van der Waals surface area contributed by atoms with Gasteiger partial charge in [-0.3, -0.25) is 20.2 Å². The molecule has 132 valence electrons. The zero-order chi connectivity index (χ0) is 18.2. The topological polar surface area (TPSA) is 122 Å². The largest absolute Gasteiger partial charge is 0.395 e. The summed E-state index contributed by atoms with van der Waals surface area (Å²) in [4.78, 5) is 22.3. The quantitative estimate of drug-likeness (QED) is 0.528. The summed E-state index contributed by atoms with van der Waals surface area (Å²) in [6.07, 6.45) is 0. The van der Waals surface area contributed by atoms with Gasteiger partial charge < -0.3 is 15.3 Å². The fourth-order valence-electron chi connectivity index (χ4n) is 2.31. The molecule has 0 aliphatic heterocycles. The second-order valence-corrected chi connectivity index (χ2v) is 5.21. The maximum absolute atomic E-state index is 10.7. The Labute approximate surface area is 143 Å². The number of non-ortho nitro benzene ring substituents is 2. The number of nitro benzene ring substituents is 2. The summed E-state index contributed by atoms with van der Waals surface area (Å²) >= 11 is 0. The summed E-state index contributed by atoms with van der Waals surface area (Å²) < 4.78 is 0. The first kappa shape index (κ1) is 18.1. The van der Waals surface area contributed by atoms with Gasteiger partial charge in [-0.1, -0.05) is 0 Å².